The molecule has 0 amide bonds. The van der Waals surface area contributed by atoms with Gasteiger partial charge in [0.1, 0.15) is 0 Å². The Bertz CT molecular complexity index is 570. The Morgan fingerprint density at radius 1 is 0.895 bits per heavy atom. The standard InChI is InChI=1S/C13H8Cl2F3S/c14-9-6-7-12(11(15)8-9)19(13(16,17)18)10-4-2-1-3-5-10/h1-8H/q+1. The van der Waals surface area contributed by atoms with Crippen molar-refractivity contribution in [1.29, 1.82) is 0 Å². The predicted octanol–water partition coefficient (Wildman–Crippen LogP) is 5.55. The summed E-state index contributed by atoms with van der Waals surface area (Å²) in [6.45, 7) is 0. The van der Waals surface area contributed by atoms with Crippen molar-refractivity contribution in [2.75, 3.05) is 0 Å². The summed E-state index contributed by atoms with van der Waals surface area (Å²) in [5.41, 5.74) is -4.39. The van der Waals surface area contributed by atoms with Crippen LogP contribution in [0.4, 0.5) is 13.2 Å². The number of alkyl halides is 3. The molecule has 0 saturated heterocycles. The van der Waals surface area contributed by atoms with Crippen molar-refractivity contribution in [2.24, 2.45) is 0 Å². The largest absolute Gasteiger partial charge is 0.586 e. The first-order valence-electron chi connectivity index (χ1n) is 5.21. The van der Waals surface area contributed by atoms with E-state index in [1.165, 1.54) is 30.3 Å². The Labute approximate surface area is 121 Å². The molecule has 0 aliphatic rings. The third-order valence-corrected chi connectivity index (χ3v) is 4.99. The Morgan fingerprint density at radius 2 is 1.53 bits per heavy atom. The van der Waals surface area contributed by atoms with Crippen molar-refractivity contribution in [3.8, 4) is 0 Å². The summed E-state index contributed by atoms with van der Waals surface area (Å²) >= 11 is 11.6. The van der Waals surface area contributed by atoms with Gasteiger partial charge in [0.2, 0.25) is 0 Å². The zero-order chi connectivity index (χ0) is 14.0. The number of halogens is 5. The molecule has 0 N–H and O–H groups in total. The van der Waals surface area contributed by atoms with Crippen LogP contribution in [0.2, 0.25) is 10.0 Å². The zero-order valence-corrected chi connectivity index (χ0v) is 11.7. The summed E-state index contributed by atoms with van der Waals surface area (Å²) in [7, 11) is -2.08. The monoisotopic (exact) mass is 323 g/mol. The molecule has 0 saturated carbocycles. The van der Waals surface area contributed by atoms with Crippen molar-refractivity contribution in [1.82, 2.24) is 0 Å². The molecule has 0 aliphatic carbocycles. The van der Waals surface area contributed by atoms with Crippen LogP contribution < -0.4 is 0 Å². The van der Waals surface area contributed by atoms with Gasteiger partial charge in [-0.3, -0.25) is 0 Å². The minimum absolute atomic E-state index is 0.0250. The van der Waals surface area contributed by atoms with E-state index in [4.69, 9.17) is 23.2 Å². The van der Waals surface area contributed by atoms with Gasteiger partial charge in [-0.15, -0.1) is 13.2 Å². The van der Waals surface area contributed by atoms with E-state index in [0.717, 1.165) is 0 Å². The van der Waals surface area contributed by atoms with Gasteiger partial charge in [0, 0.05) is 5.02 Å². The maximum absolute atomic E-state index is 13.3. The van der Waals surface area contributed by atoms with Crippen molar-refractivity contribution in [3.05, 3.63) is 58.6 Å². The molecule has 100 valence electrons. The van der Waals surface area contributed by atoms with E-state index < -0.39 is 16.4 Å². The molecule has 0 nitrogen and oxygen atoms in total. The van der Waals surface area contributed by atoms with E-state index in [2.05, 4.69) is 0 Å². The van der Waals surface area contributed by atoms with E-state index >= 15 is 0 Å². The maximum atomic E-state index is 13.3. The molecule has 1 unspecified atom stereocenters. The average Bonchev–Trinajstić information content (AvgIpc) is 2.32. The van der Waals surface area contributed by atoms with Gasteiger partial charge in [0.05, 0.1) is 5.02 Å². The van der Waals surface area contributed by atoms with Gasteiger partial charge in [-0.25, -0.2) is 0 Å². The molecule has 2 aromatic carbocycles. The number of hydrogen-bond donors (Lipinski definition) is 0. The minimum Gasteiger partial charge on any atom is -0.122 e. The van der Waals surface area contributed by atoms with Crippen molar-refractivity contribution in [2.45, 2.75) is 15.3 Å². The number of benzene rings is 2. The highest BCUT2D eigenvalue weighted by Crippen LogP contribution is 2.41. The highest BCUT2D eigenvalue weighted by molar-refractivity contribution is 7.98. The van der Waals surface area contributed by atoms with E-state index in [-0.39, 0.29) is 14.8 Å². The summed E-state index contributed by atoms with van der Waals surface area (Å²) in [4.78, 5) is 0.212. The van der Waals surface area contributed by atoms with E-state index in [1.54, 1.807) is 18.2 Å². The molecule has 0 bridgehead atoms. The molecule has 0 spiro atoms. The summed E-state index contributed by atoms with van der Waals surface area (Å²) in [5, 5.41) is 0.338. The molecule has 0 heterocycles. The molecular formula is C13H8Cl2F3S+. The summed E-state index contributed by atoms with van der Waals surface area (Å²) in [6.07, 6.45) is 0. The summed E-state index contributed by atoms with van der Waals surface area (Å²) < 4.78 is 39.9. The fourth-order valence-corrected chi connectivity index (χ4v) is 3.88. The predicted molar refractivity (Wildman–Crippen MR) is 72.9 cm³/mol. The fourth-order valence-electron chi connectivity index (χ4n) is 1.58. The number of rotatable bonds is 2. The van der Waals surface area contributed by atoms with Gasteiger partial charge in [-0.1, -0.05) is 41.4 Å². The smallest absolute Gasteiger partial charge is 0.122 e. The van der Waals surface area contributed by atoms with E-state index in [0.29, 0.717) is 5.02 Å². The molecule has 19 heavy (non-hydrogen) atoms. The molecule has 0 aliphatic heterocycles. The lowest BCUT2D eigenvalue weighted by Crippen LogP contribution is -2.24. The van der Waals surface area contributed by atoms with Crippen LogP contribution in [0, 0.1) is 0 Å². The third-order valence-electron chi connectivity index (χ3n) is 2.32. The molecule has 0 aromatic heterocycles. The Kier molecular flexibility index (Phi) is 4.33. The van der Waals surface area contributed by atoms with Crippen LogP contribution in [0.15, 0.2) is 58.3 Å². The van der Waals surface area contributed by atoms with Crippen LogP contribution in [0.5, 0.6) is 0 Å². The topological polar surface area (TPSA) is 0 Å². The molecule has 0 radical (unpaired) electrons. The first-order chi connectivity index (χ1) is 8.89. The van der Waals surface area contributed by atoms with Crippen LogP contribution in [0.3, 0.4) is 0 Å². The molecule has 1 atom stereocenters. The highest BCUT2D eigenvalue weighted by atomic mass is 35.5. The second kappa shape index (κ2) is 5.65. The fraction of sp³-hybridized carbons (Fsp3) is 0.0769. The van der Waals surface area contributed by atoms with Crippen molar-refractivity contribution in [3.63, 3.8) is 0 Å². The van der Waals surface area contributed by atoms with Crippen molar-refractivity contribution >= 4 is 34.1 Å². The van der Waals surface area contributed by atoms with Gasteiger partial charge >= 0.3 is 5.51 Å². The lowest BCUT2D eigenvalue weighted by molar-refractivity contribution is -0.0370. The van der Waals surface area contributed by atoms with Gasteiger partial charge in [-0.2, -0.15) is 0 Å². The quantitative estimate of drug-likeness (QED) is 0.635. The van der Waals surface area contributed by atoms with Crippen LogP contribution in [0.1, 0.15) is 0 Å². The molecule has 2 aromatic rings. The third kappa shape index (κ3) is 3.38. The summed E-state index contributed by atoms with van der Waals surface area (Å²) in [6, 6.07) is 11.8. The lowest BCUT2D eigenvalue weighted by Gasteiger charge is -2.11. The normalized spacial score (nSPS) is 13.3. The highest BCUT2D eigenvalue weighted by Gasteiger charge is 2.55. The first-order valence-corrected chi connectivity index (χ1v) is 7.19. The van der Waals surface area contributed by atoms with Gasteiger partial charge < -0.3 is 0 Å². The lowest BCUT2D eigenvalue weighted by atomic mass is 10.4. The van der Waals surface area contributed by atoms with Gasteiger partial charge in [0.25, 0.3) is 0 Å². The second-order valence-corrected chi connectivity index (χ2v) is 6.47. The maximum Gasteiger partial charge on any atom is 0.586 e. The average molecular weight is 324 g/mol. The van der Waals surface area contributed by atoms with E-state index in [1.807, 2.05) is 0 Å². The van der Waals surface area contributed by atoms with Gasteiger partial charge in [0.15, 0.2) is 20.7 Å². The molecule has 6 heteroatoms. The van der Waals surface area contributed by atoms with Crippen LogP contribution in [-0.4, -0.2) is 5.51 Å². The first kappa shape index (κ1) is 14.6. The van der Waals surface area contributed by atoms with E-state index in [9.17, 15) is 13.2 Å². The minimum atomic E-state index is -4.39. The summed E-state index contributed by atoms with van der Waals surface area (Å²) in [5.74, 6) is 0. The van der Waals surface area contributed by atoms with Crippen LogP contribution in [0.25, 0.3) is 0 Å². The van der Waals surface area contributed by atoms with Crippen LogP contribution in [-0.2, 0) is 10.9 Å². The van der Waals surface area contributed by atoms with Crippen LogP contribution >= 0.6 is 23.2 Å². The number of hydrogen-bond acceptors (Lipinski definition) is 0. The molecule has 2 rings (SSSR count). The zero-order valence-electron chi connectivity index (χ0n) is 9.42. The SMILES string of the molecule is FC(F)(F)[S+](c1ccccc1)c1ccc(Cl)cc1Cl. The molecular weight excluding hydrogens is 316 g/mol. The Balaban J connectivity index is 2.56. The Hall–Kier alpha value is -0.840. The van der Waals surface area contributed by atoms with Gasteiger partial charge in [-0.05, 0) is 30.3 Å². The van der Waals surface area contributed by atoms with Crippen molar-refractivity contribution < 1.29 is 13.2 Å². The second-order valence-electron chi connectivity index (χ2n) is 3.64. The molecule has 0 fully saturated rings. The Morgan fingerprint density at radius 3 is 2.05 bits per heavy atom.